The van der Waals surface area contributed by atoms with Gasteiger partial charge in [0.15, 0.2) is 5.76 Å². The van der Waals surface area contributed by atoms with Crippen molar-refractivity contribution in [1.29, 1.82) is 0 Å². The quantitative estimate of drug-likeness (QED) is 0.464. The van der Waals surface area contributed by atoms with E-state index in [4.69, 9.17) is 4.42 Å². The third-order valence-electron chi connectivity index (χ3n) is 2.74. The number of nitrogens with zero attached hydrogens (tertiary/aromatic N) is 4. The molecule has 13 heteroatoms. The summed E-state index contributed by atoms with van der Waals surface area (Å²) in [4.78, 5) is 41.3. The van der Waals surface area contributed by atoms with Gasteiger partial charge in [-0.05, 0) is 6.07 Å². The molecular formula is C12H7N5O8. The van der Waals surface area contributed by atoms with Gasteiger partial charge in [-0.2, -0.15) is 5.10 Å². The number of hydrazone groups is 1. The summed E-state index contributed by atoms with van der Waals surface area (Å²) >= 11 is 0. The minimum Gasteiger partial charge on any atom is -0.400 e. The first kappa shape index (κ1) is 17.2. The van der Waals surface area contributed by atoms with Crippen molar-refractivity contribution in [3.63, 3.8) is 0 Å². The van der Waals surface area contributed by atoms with Gasteiger partial charge >= 0.3 is 5.88 Å². The molecule has 1 aromatic heterocycles. The Kier molecular flexibility index (Phi) is 4.78. The maximum Gasteiger partial charge on any atom is 0.433 e. The lowest BCUT2D eigenvalue weighted by molar-refractivity contribution is -0.402. The van der Waals surface area contributed by atoms with Crippen LogP contribution in [-0.4, -0.2) is 26.9 Å². The predicted octanol–water partition coefficient (Wildman–Crippen LogP) is 1.77. The van der Waals surface area contributed by atoms with E-state index in [1.807, 2.05) is 5.43 Å². The Morgan fingerprint density at radius 3 is 2.08 bits per heavy atom. The highest BCUT2D eigenvalue weighted by Gasteiger charge is 2.19. The van der Waals surface area contributed by atoms with E-state index in [1.54, 1.807) is 0 Å². The lowest BCUT2D eigenvalue weighted by Crippen LogP contribution is -2.18. The fourth-order valence-corrected chi connectivity index (χ4v) is 1.67. The number of non-ortho nitro benzene ring substituents is 2. The zero-order chi connectivity index (χ0) is 18.6. The monoisotopic (exact) mass is 349 g/mol. The van der Waals surface area contributed by atoms with Gasteiger partial charge in [-0.25, -0.2) is 5.43 Å². The molecule has 2 aromatic rings. The Morgan fingerprint density at radius 2 is 1.60 bits per heavy atom. The second-order valence-corrected chi connectivity index (χ2v) is 4.38. The number of furan rings is 1. The van der Waals surface area contributed by atoms with E-state index in [0.717, 1.165) is 24.4 Å². The van der Waals surface area contributed by atoms with E-state index in [9.17, 15) is 35.1 Å². The van der Waals surface area contributed by atoms with E-state index in [0.29, 0.717) is 6.07 Å². The van der Waals surface area contributed by atoms with E-state index >= 15 is 0 Å². The van der Waals surface area contributed by atoms with Crippen molar-refractivity contribution in [2.45, 2.75) is 0 Å². The number of nitro groups is 3. The summed E-state index contributed by atoms with van der Waals surface area (Å²) in [7, 11) is 0. The van der Waals surface area contributed by atoms with Crippen LogP contribution in [0.15, 0.2) is 39.9 Å². The molecule has 0 radical (unpaired) electrons. The highest BCUT2D eigenvalue weighted by atomic mass is 16.7. The van der Waals surface area contributed by atoms with Crippen molar-refractivity contribution >= 4 is 29.4 Å². The normalized spacial score (nSPS) is 10.6. The van der Waals surface area contributed by atoms with E-state index < -0.39 is 37.9 Å². The van der Waals surface area contributed by atoms with Crippen molar-refractivity contribution in [3.05, 3.63) is 72.0 Å². The Balaban J connectivity index is 2.16. The summed E-state index contributed by atoms with van der Waals surface area (Å²) in [5, 5.41) is 35.4. The summed E-state index contributed by atoms with van der Waals surface area (Å²) in [6.45, 7) is 0. The van der Waals surface area contributed by atoms with Crippen LogP contribution in [0.2, 0.25) is 0 Å². The molecule has 0 saturated heterocycles. The molecule has 1 amide bonds. The third-order valence-corrected chi connectivity index (χ3v) is 2.74. The standard InChI is InChI=1S/C12H7N5O8/c18-12(14-13-6-10-1-2-11(25-10)17(23)24)7-3-8(15(19)20)5-9(4-7)16(21)22/h1-6H,(H,14,18)/b13-6+. The van der Waals surface area contributed by atoms with Crippen LogP contribution in [0.3, 0.4) is 0 Å². The molecule has 0 unspecified atom stereocenters. The highest BCUT2D eigenvalue weighted by Crippen LogP contribution is 2.22. The molecule has 0 aliphatic carbocycles. The molecule has 0 saturated carbocycles. The number of nitro benzene ring substituents is 2. The number of nitrogens with one attached hydrogen (secondary N) is 1. The number of amides is 1. The Labute approximate surface area is 137 Å². The average Bonchev–Trinajstić information content (AvgIpc) is 3.03. The maximum atomic E-state index is 11.9. The largest absolute Gasteiger partial charge is 0.433 e. The first-order valence-electron chi connectivity index (χ1n) is 6.29. The van der Waals surface area contributed by atoms with E-state index in [-0.39, 0.29) is 11.3 Å². The molecule has 128 valence electrons. The second kappa shape index (κ2) is 6.95. The molecule has 13 nitrogen and oxygen atoms in total. The van der Waals surface area contributed by atoms with Crippen molar-refractivity contribution in [2.75, 3.05) is 0 Å². The number of hydrogen-bond donors (Lipinski definition) is 1. The zero-order valence-corrected chi connectivity index (χ0v) is 12.0. The molecule has 2 rings (SSSR count). The fraction of sp³-hybridized carbons (Fsp3) is 0. The van der Waals surface area contributed by atoms with Gasteiger partial charge in [-0.1, -0.05) is 0 Å². The average molecular weight is 349 g/mol. The minimum absolute atomic E-state index is 0.0305. The third kappa shape index (κ3) is 4.19. The molecule has 25 heavy (non-hydrogen) atoms. The molecular weight excluding hydrogens is 342 g/mol. The molecule has 0 aliphatic heterocycles. The van der Waals surface area contributed by atoms with Gasteiger partial charge in [0.25, 0.3) is 17.3 Å². The Bertz CT molecular complexity index is 870. The van der Waals surface area contributed by atoms with Crippen molar-refractivity contribution in [3.8, 4) is 0 Å². The molecule has 1 N–H and O–H groups in total. The first-order chi connectivity index (χ1) is 11.8. The molecule has 0 fully saturated rings. The SMILES string of the molecule is O=C(N/N=C/c1ccc([N+](=O)[O-])o1)c1cc([N+](=O)[O-])cc([N+](=O)[O-])c1. The molecule has 1 heterocycles. The van der Waals surface area contributed by atoms with Gasteiger partial charge in [0.1, 0.15) is 4.92 Å². The summed E-state index contributed by atoms with van der Waals surface area (Å²) < 4.78 is 4.76. The second-order valence-electron chi connectivity index (χ2n) is 4.38. The number of benzene rings is 1. The van der Waals surface area contributed by atoms with Crippen LogP contribution in [0, 0.1) is 30.3 Å². The Hall–Kier alpha value is -4.16. The minimum atomic E-state index is -0.955. The van der Waals surface area contributed by atoms with Gasteiger partial charge < -0.3 is 4.42 Å². The van der Waals surface area contributed by atoms with Crippen molar-refractivity contribution in [1.82, 2.24) is 5.43 Å². The number of carbonyl (C=O) groups is 1. The van der Waals surface area contributed by atoms with Crippen LogP contribution < -0.4 is 5.43 Å². The van der Waals surface area contributed by atoms with Gasteiger partial charge in [-0.15, -0.1) is 0 Å². The Morgan fingerprint density at radius 1 is 1.00 bits per heavy atom. The van der Waals surface area contributed by atoms with E-state index in [2.05, 4.69) is 5.10 Å². The van der Waals surface area contributed by atoms with Gasteiger partial charge in [-0.3, -0.25) is 35.1 Å². The van der Waals surface area contributed by atoms with Gasteiger partial charge in [0, 0.05) is 12.1 Å². The fourth-order valence-electron chi connectivity index (χ4n) is 1.67. The smallest absolute Gasteiger partial charge is 0.400 e. The van der Waals surface area contributed by atoms with Crippen LogP contribution >= 0.6 is 0 Å². The van der Waals surface area contributed by atoms with Gasteiger partial charge in [0.2, 0.25) is 0 Å². The molecule has 0 spiro atoms. The zero-order valence-electron chi connectivity index (χ0n) is 12.0. The van der Waals surface area contributed by atoms with E-state index in [1.165, 1.54) is 6.07 Å². The summed E-state index contributed by atoms with van der Waals surface area (Å²) in [6, 6.07) is 4.70. The molecule has 0 atom stereocenters. The predicted molar refractivity (Wildman–Crippen MR) is 80.2 cm³/mol. The first-order valence-corrected chi connectivity index (χ1v) is 6.29. The number of hydrogen-bond acceptors (Lipinski definition) is 9. The van der Waals surface area contributed by atoms with Gasteiger partial charge in [0.05, 0.1) is 33.8 Å². The summed E-state index contributed by atoms with van der Waals surface area (Å²) in [5.41, 5.74) is 0.347. The topological polar surface area (TPSA) is 184 Å². The van der Waals surface area contributed by atoms with Crippen LogP contribution in [0.5, 0.6) is 0 Å². The van der Waals surface area contributed by atoms with Crippen LogP contribution in [0.25, 0.3) is 0 Å². The maximum absolute atomic E-state index is 11.9. The van der Waals surface area contributed by atoms with Crippen molar-refractivity contribution in [2.24, 2.45) is 5.10 Å². The number of rotatable bonds is 6. The lowest BCUT2D eigenvalue weighted by Gasteiger charge is -2.00. The van der Waals surface area contributed by atoms with Crippen LogP contribution in [0.1, 0.15) is 16.1 Å². The highest BCUT2D eigenvalue weighted by molar-refractivity contribution is 5.96. The molecule has 0 bridgehead atoms. The lowest BCUT2D eigenvalue weighted by atomic mass is 10.1. The molecule has 1 aromatic carbocycles. The van der Waals surface area contributed by atoms with Crippen LogP contribution in [0.4, 0.5) is 17.3 Å². The summed E-state index contributed by atoms with van der Waals surface area (Å²) in [6.07, 6.45) is 0.955. The van der Waals surface area contributed by atoms with Crippen molar-refractivity contribution < 1.29 is 24.0 Å². The van der Waals surface area contributed by atoms with Crippen LogP contribution in [-0.2, 0) is 0 Å². The number of carbonyl (C=O) groups excluding carboxylic acids is 1. The molecule has 0 aliphatic rings. The summed E-state index contributed by atoms with van der Waals surface area (Å²) in [5.74, 6) is -1.51.